The molecule has 94 valence electrons. The maximum atomic E-state index is 12.1. The second-order valence-corrected chi connectivity index (χ2v) is 5.30. The van der Waals surface area contributed by atoms with E-state index < -0.39 is 0 Å². The van der Waals surface area contributed by atoms with Gasteiger partial charge in [0.05, 0.1) is 5.69 Å². The van der Waals surface area contributed by atoms with Gasteiger partial charge in [0, 0.05) is 18.7 Å². The van der Waals surface area contributed by atoms with Crippen LogP contribution in [0.3, 0.4) is 0 Å². The third-order valence-corrected chi connectivity index (χ3v) is 3.36. The fourth-order valence-corrected chi connectivity index (χ4v) is 2.51. The summed E-state index contributed by atoms with van der Waals surface area (Å²) in [5, 5.41) is 3.36. The van der Waals surface area contributed by atoms with Crippen LogP contribution >= 0.6 is 0 Å². The molecule has 1 saturated heterocycles. The average molecular weight is 234 g/mol. The third kappa shape index (κ3) is 2.97. The second kappa shape index (κ2) is 5.50. The highest BCUT2D eigenvalue weighted by molar-refractivity contribution is 5.94. The van der Waals surface area contributed by atoms with E-state index in [0.717, 1.165) is 31.6 Å². The van der Waals surface area contributed by atoms with E-state index in [-0.39, 0.29) is 5.78 Å². The maximum Gasteiger partial charge on any atom is 0.179 e. The Balaban J connectivity index is 2.12. The summed E-state index contributed by atoms with van der Waals surface area (Å²) in [4.78, 5) is 12.1. The molecule has 2 heterocycles. The van der Waals surface area contributed by atoms with E-state index >= 15 is 0 Å². The van der Waals surface area contributed by atoms with E-state index in [1.807, 2.05) is 12.1 Å². The fourth-order valence-electron chi connectivity index (χ4n) is 2.51. The van der Waals surface area contributed by atoms with Crippen molar-refractivity contribution >= 4 is 5.78 Å². The predicted octanol–water partition coefficient (Wildman–Crippen LogP) is 2.64. The number of Topliss-reactive ketones (excluding diaryl/α,β-unsaturated/α-hetero) is 1. The van der Waals surface area contributed by atoms with Gasteiger partial charge >= 0.3 is 0 Å². The summed E-state index contributed by atoms with van der Waals surface area (Å²) in [7, 11) is 0. The molecule has 1 N–H and O–H groups in total. The molecule has 0 bridgehead atoms. The van der Waals surface area contributed by atoms with Crippen molar-refractivity contribution in [1.29, 1.82) is 0 Å². The first-order chi connectivity index (χ1) is 8.18. The Bertz CT molecular complexity index is 375. The van der Waals surface area contributed by atoms with Gasteiger partial charge in [-0.25, -0.2) is 0 Å². The summed E-state index contributed by atoms with van der Waals surface area (Å²) in [5.74, 6) is 0.711. The summed E-state index contributed by atoms with van der Waals surface area (Å²) in [6, 6.07) is 4.46. The van der Waals surface area contributed by atoms with Gasteiger partial charge in [-0.3, -0.25) is 4.79 Å². The molecule has 0 saturated carbocycles. The average Bonchev–Trinajstić information content (AvgIpc) is 2.78. The third-order valence-electron chi connectivity index (χ3n) is 3.36. The van der Waals surface area contributed by atoms with E-state index in [2.05, 4.69) is 29.9 Å². The van der Waals surface area contributed by atoms with Crippen LogP contribution in [0.25, 0.3) is 0 Å². The molecule has 0 spiro atoms. The van der Waals surface area contributed by atoms with Crippen molar-refractivity contribution in [3.8, 4) is 0 Å². The van der Waals surface area contributed by atoms with Crippen LogP contribution in [0.4, 0.5) is 0 Å². The lowest BCUT2D eigenvalue weighted by molar-refractivity contribution is 0.0955. The minimum Gasteiger partial charge on any atom is -0.342 e. The number of aromatic nitrogens is 1. The van der Waals surface area contributed by atoms with Gasteiger partial charge in [-0.1, -0.05) is 13.8 Å². The highest BCUT2D eigenvalue weighted by Crippen LogP contribution is 2.22. The SMILES string of the molecule is CC(C)CC(=O)c1cccn1C1CCNCC1. The van der Waals surface area contributed by atoms with Gasteiger partial charge in [-0.15, -0.1) is 0 Å². The quantitative estimate of drug-likeness (QED) is 0.813. The van der Waals surface area contributed by atoms with Crippen LogP contribution in [-0.4, -0.2) is 23.4 Å². The molecule has 1 aromatic rings. The molecule has 17 heavy (non-hydrogen) atoms. The van der Waals surface area contributed by atoms with Gasteiger partial charge in [0.25, 0.3) is 0 Å². The number of ketones is 1. The van der Waals surface area contributed by atoms with Crippen molar-refractivity contribution < 1.29 is 4.79 Å². The Hall–Kier alpha value is -1.09. The van der Waals surface area contributed by atoms with Crippen LogP contribution in [0.1, 0.15) is 49.6 Å². The molecule has 2 rings (SSSR count). The molecule has 1 aromatic heterocycles. The predicted molar refractivity (Wildman–Crippen MR) is 69.4 cm³/mol. The van der Waals surface area contributed by atoms with Crippen molar-refractivity contribution in [1.82, 2.24) is 9.88 Å². The van der Waals surface area contributed by atoms with Crippen molar-refractivity contribution in [3.05, 3.63) is 24.0 Å². The molecule has 0 amide bonds. The van der Waals surface area contributed by atoms with Crippen molar-refractivity contribution in [3.63, 3.8) is 0 Å². The Morgan fingerprint density at radius 1 is 1.47 bits per heavy atom. The second-order valence-electron chi connectivity index (χ2n) is 5.30. The highest BCUT2D eigenvalue weighted by atomic mass is 16.1. The standard InChI is InChI=1S/C14H22N2O/c1-11(2)10-14(17)13-4-3-9-16(13)12-5-7-15-8-6-12/h3-4,9,11-12,15H,5-8,10H2,1-2H3. The first-order valence-corrected chi connectivity index (χ1v) is 6.59. The summed E-state index contributed by atoms with van der Waals surface area (Å²) >= 11 is 0. The van der Waals surface area contributed by atoms with E-state index in [9.17, 15) is 4.79 Å². The van der Waals surface area contributed by atoms with Gasteiger partial charge in [0.15, 0.2) is 5.78 Å². The zero-order valence-corrected chi connectivity index (χ0v) is 10.8. The molecule has 0 radical (unpaired) electrons. The molecular formula is C14H22N2O. The lowest BCUT2D eigenvalue weighted by Crippen LogP contribution is -2.30. The first kappa shape index (κ1) is 12.4. The summed E-state index contributed by atoms with van der Waals surface area (Å²) in [6.07, 6.45) is 4.95. The van der Waals surface area contributed by atoms with E-state index in [1.165, 1.54) is 0 Å². The molecule has 0 aromatic carbocycles. The number of nitrogens with one attached hydrogen (secondary N) is 1. The topological polar surface area (TPSA) is 34.0 Å². The van der Waals surface area contributed by atoms with Crippen molar-refractivity contribution in [2.45, 2.75) is 39.2 Å². The largest absolute Gasteiger partial charge is 0.342 e. The minimum absolute atomic E-state index is 0.281. The lowest BCUT2D eigenvalue weighted by atomic mass is 10.0. The number of hydrogen-bond acceptors (Lipinski definition) is 2. The number of hydrogen-bond donors (Lipinski definition) is 1. The number of rotatable bonds is 4. The fraction of sp³-hybridized carbons (Fsp3) is 0.643. The van der Waals surface area contributed by atoms with Crippen LogP contribution in [0.5, 0.6) is 0 Å². The van der Waals surface area contributed by atoms with E-state index in [1.54, 1.807) is 0 Å². The first-order valence-electron chi connectivity index (χ1n) is 6.59. The van der Waals surface area contributed by atoms with Crippen LogP contribution in [-0.2, 0) is 0 Å². The molecule has 0 unspecified atom stereocenters. The molecule has 0 atom stereocenters. The lowest BCUT2D eigenvalue weighted by Gasteiger charge is -2.26. The molecule has 1 fully saturated rings. The number of carbonyl (C=O) groups is 1. The van der Waals surface area contributed by atoms with E-state index in [0.29, 0.717) is 18.4 Å². The maximum absolute atomic E-state index is 12.1. The zero-order valence-electron chi connectivity index (χ0n) is 10.8. The molecule has 1 aliphatic rings. The van der Waals surface area contributed by atoms with E-state index in [4.69, 9.17) is 0 Å². The summed E-state index contributed by atoms with van der Waals surface area (Å²) in [6.45, 7) is 6.30. The van der Waals surface area contributed by atoms with Gasteiger partial charge in [0.2, 0.25) is 0 Å². The van der Waals surface area contributed by atoms with Gasteiger partial charge in [-0.2, -0.15) is 0 Å². The monoisotopic (exact) mass is 234 g/mol. The Labute approximate surface area is 103 Å². The zero-order chi connectivity index (χ0) is 12.3. The summed E-state index contributed by atoms with van der Waals surface area (Å²) in [5.41, 5.74) is 0.894. The van der Waals surface area contributed by atoms with Crippen LogP contribution < -0.4 is 5.32 Å². The number of carbonyl (C=O) groups excluding carboxylic acids is 1. The molecule has 3 heteroatoms. The summed E-state index contributed by atoms with van der Waals surface area (Å²) < 4.78 is 2.19. The van der Waals surface area contributed by atoms with Gasteiger partial charge in [0.1, 0.15) is 0 Å². The van der Waals surface area contributed by atoms with Crippen LogP contribution in [0.15, 0.2) is 18.3 Å². The highest BCUT2D eigenvalue weighted by Gasteiger charge is 2.20. The minimum atomic E-state index is 0.281. The normalized spacial score (nSPS) is 17.6. The molecular weight excluding hydrogens is 212 g/mol. The Morgan fingerprint density at radius 3 is 2.82 bits per heavy atom. The van der Waals surface area contributed by atoms with Crippen LogP contribution in [0, 0.1) is 5.92 Å². The van der Waals surface area contributed by atoms with Crippen molar-refractivity contribution in [2.24, 2.45) is 5.92 Å². The Morgan fingerprint density at radius 2 is 2.18 bits per heavy atom. The van der Waals surface area contributed by atoms with Gasteiger partial charge in [-0.05, 0) is 44.0 Å². The Kier molecular flexibility index (Phi) is 4.00. The van der Waals surface area contributed by atoms with Crippen LogP contribution in [0.2, 0.25) is 0 Å². The van der Waals surface area contributed by atoms with Crippen molar-refractivity contribution in [2.75, 3.05) is 13.1 Å². The molecule has 1 aliphatic heterocycles. The van der Waals surface area contributed by atoms with Gasteiger partial charge < -0.3 is 9.88 Å². The number of piperidine rings is 1. The molecule has 3 nitrogen and oxygen atoms in total. The smallest absolute Gasteiger partial charge is 0.179 e. The molecule has 0 aliphatic carbocycles. The number of nitrogens with zero attached hydrogens (tertiary/aromatic N) is 1.